The van der Waals surface area contributed by atoms with Gasteiger partial charge in [0.2, 0.25) is 11.7 Å². The second-order valence-electron chi connectivity index (χ2n) is 6.63. The van der Waals surface area contributed by atoms with Crippen molar-refractivity contribution in [2.75, 3.05) is 17.3 Å². The number of hydrogen-bond acceptors (Lipinski definition) is 4. The monoisotopic (exact) mass is 453 g/mol. The fraction of sp³-hybridized carbons (Fsp3) is 0.286. The Morgan fingerprint density at radius 3 is 2.45 bits per heavy atom. The molecule has 5 nitrogen and oxygen atoms in total. The molecule has 2 aromatic carbocycles. The van der Waals surface area contributed by atoms with Crippen LogP contribution in [0.5, 0.6) is 0 Å². The van der Waals surface area contributed by atoms with Crippen molar-refractivity contribution in [2.24, 2.45) is 5.92 Å². The third-order valence-electron chi connectivity index (χ3n) is 4.65. The molecule has 1 saturated heterocycles. The van der Waals surface area contributed by atoms with Crippen molar-refractivity contribution in [3.63, 3.8) is 0 Å². The smallest absolute Gasteiger partial charge is 0.312 e. The predicted octanol–water partition coefficient (Wildman–Crippen LogP) is 4.77. The first-order chi connectivity index (χ1) is 13.9. The van der Waals surface area contributed by atoms with Gasteiger partial charge in [-0.05, 0) is 36.4 Å². The first-order valence-electron chi connectivity index (χ1n) is 9.02. The number of carbonyl (C=O) groups excluding carboxylic acids is 3. The predicted molar refractivity (Wildman–Crippen MR) is 113 cm³/mol. The van der Waals surface area contributed by atoms with Crippen LogP contribution in [0.1, 0.15) is 23.2 Å². The van der Waals surface area contributed by atoms with Crippen molar-refractivity contribution in [2.45, 2.75) is 18.9 Å². The van der Waals surface area contributed by atoms with Crippen molar-refractivity contribution >= 4 is 58.1 Å². The lowest BCUT2D eigenvalue weighted by atomic mass is 10.0. The number of anilines is 1. The minimum Gasteiger partial charge on any atom is -0.454 e. The van der Waals surface area contributed by atoms with Gasteiger partial charge in [-0.3, -0.25) is 14.4 Å². The second-order valence-corrected chi connectivity index (χ2v) is 7.85. The van der Waals surface area contributed by atoms with Crippen LogP contribution in [-0.4, -0.2) is 36.2 Å². The van der Waals surface area contributed by atoms with Crippen molar-refractivity contribution in [1.82, 2.24) is 0 Å². The average Bonchev–Trinajstić information content (AvgIpc) is 3.09. The van der Waals surface area contributed by atoms with Gasteiger partial charge in [0.1, 0.15) is 0 Å². The molecule has 152 valence electrons. The number of nitrogens with zero attached hydrogens (tertiary/aromatic N) is 1. The SMILES string of the molecule is O=C(O[C@@H](CCCl)C(=O)c1ccc(Cl)cc1)[C@H]1CC(=O)N(c2ccccc2Cl)C1. The zero-order valence-electron chi connectivity index (χ0n) is 15.3. The van der Waals surface area contributed by atoms with Gasteiger partial charge in [-0.25, -0.2) is 0 Å². The van der Waals surface area contributed by atoms with Gasteiger partial charge in [0.15, 0.2) is 6.10 Å². The van der Waals surface area contributed by atoms with E-state index in [2.05, 4.69) is 0 Å². The van der Waals surface area contributed by atoms with Crippen LogP contribution in [-0.2, 0) is 14.3 Å². The lowest BCUT2D eigenvalue weighted by Crippen LogP contribution is -2.32. The van der Waals surface area contributed by atoms with E-state index in [1.807, 2.05) is 0 Å². The molecule has 2 atom stereocenters. The molecule has 0 N–H and O–H groups in total. The van der Waals surface area contributed by atoms with Crippen LogP contribution in [0.2, 0.25) is 10.0 Å². The standard InChI is InChI=1S/C21H18Cl3NO4/c22-10-9-18(20(27)13-5-7-15(23)8-6-13)29-21(28)14-11-19(26)25(12-14)17-4-2-1-3-16(17)24/h1-8,14,18H,9-12H2/t14-,18-/m0/s1. The number of rotatable bonds is 7. The summed E-state index contributed by atoms with van der Waals surface area (Å²) in [4.78, 5) is 39.3. The van der Waals surface area contributed by atoms with Crippen molar-refractivity contribution in [3.8, 4) is 0 Å². The molecule has 0 aromatic heterocycles. The largest absolute Gasteiger partial charge is 0.454 e. The van der Waals surface area contributed by atoms with E-state index in [9.17, 15) is 14.4 Å². The van der Waals surface area contributed by atoms with Crippen LogP contribution >= 0.6 is 34.8 Å². The van der Waals surface area contributed by atoms with Crippen LogP contribution in [0.4, 0.5) is 5.69 Å². The van der Waals surface area contributed by atoms with Crippen molar-refractivity contribution in [3.05, 3.63) is 64.1 Å². The van der Waals surface area contributed by atoms with Crippen LogP contribution < -0.4 is 4.90 Å². The highest BCUT2D eigenvalue weighted by Crippen LogP contribution is 2.31. The first kappa shape index (κ1) is 21.6. The van der Waals surface area contributed by atoms with Crippen molar-refractivity contribution in [1.29, 1.82) is 0 Å². The Labute approximate surface area is 183 Å². The summed E-state index contributed by atoms with van der Waals surface area (Å²) in [7, 11) is 0. The van der Waals surface area contributed by atoms with Crippen LogP contribution in [0.3, 0.4) is 0 Å². The number of esters is 1. The molecule has 0 bridgehead atoms. The highest BCUT2D eigenvalue weighted by Gasteiger charge is 2.38. The second kappa shape index (κ2) is 9.61. The molecule has 0 unspecified atom stereocenters. The number of halogens is 3. The Bertz CT molecular complexity index is 916. The molecule has 0 saturated carbocycles. The highest BCUT2D eigenvalue weighted by atomic mass is 35.5. The Morgan fingerprint density at radius 2 is 1.79 bits per heavy atom. The summed E-state index contributed by atoms with van der Waals surface area (Å²) >= 11 is 17.8. The van der Waals surface area contributed by atoms with E-state index in [-0.39, 0.29) is 37.0 Å². The molecule has 1 aliphatic heterocycles. The van der Waals surface area contributed by atoms with Crippen LogP contribution in [0, 0.1) is 5.92 Å². The Kier molecular flexibility index (Phi) is 7.17. The van der Waals surface area contributed by atoms with E-state index in [1.165, 1.54) is 4.90 Å². The summed E-state index contributed by atoms with van der Waals surface area (Å²) in [5, 5.41) is 0.921. The summed E-state index contributed by atoms with van der Waals surface area (Å²) in [5.74, 6) is -1.73. The molecule has 0 radical (unpaired) electrons. The van der Waals surface area contributed by atoms with Gasteiger partial charge in [0.25, 0.3) is 0 Å². The number of hydrogen-bond donors (Lipinski definition) is 0. The summed E-state index contributed by atoms with van der Waals surface area (Å²) in [6.45, 7) is 0.143. The zero-order valence-corrected chi connectivity index (χ0v) is 17.6. The number of Topliss-reactive ketones (excluding diaryl/α,β-unsaturated/α-hetero) is 1. The minimum absolute atomic E-state index is 0.00716. The maximum Gasteiger partial charge on any atom is 0.312 e. The number of para-hydroxylation sites is 1. The third kappa shape index (κ3) is 5.10. The number of amides is 1. The summed E-state index contributed by atoms with van der Waals surface area (Å²) in [6, 6.07) is 13.2. The minimum atomic E-state index is -1.02. The summed E-state index contributed by atoms with van der Waals surface area (Å²) in [5.41, 5.74) is 0.918. The normalized spacial score (nSPS) is 17.3. The summed E-state index contributed by atoms with van der Waals surface area (Å²) in [6.07, 6.45) is -0.859. The highest BCUT2D eigenvalue weighted by molar-refractivity contribution is 6.34. The fourth-order valence-electron chi connectivity index (χ4n) is 3.15. The molecular weight excluding hydrogens is 437 g/mol. The van der Waals surface area contributed by atoms with E-state index in [0.717, 1.165) is 0 Å². The lowest BCUT2D eigenvalue weighted by molar-refractivity contribution is -0.151. The lowest BCUT2D eigenvalue weighted by Gasteiger charge is -2.20. The number of carbonyl (C=O) groups is 3. The van der Waals surface area contributed by atoms with Gasteiger partial charge in [-0.2, -0.15) is 0 Å². The van der Waals surface area contributed by atoms with E-state index in [4.69, 9.17) is 39.5 Å². The molecule has 2 aromatic rings. The Balaban J connectivity index is 1.70. The number of ketones is 1. The molecule has 0 spiro atoms. The van der Waals surface area contributed by atoms with Gasteiger partial charge >= 0.3 is 5.97 Å². The molecule has 1 amide bonds. The van der Waals surface area contributed by atoms with Crippen LogP contribution in [0.15, 0.2) is 48.5 Å². The molecule has 29 heavy (non-hydrogen) atoms. The third-order valence-corrected chi connectivity index (χ3v) is 5.44. The maximum absolute atomic E-state index is 12.7. The van der Waals surface area contributed by atoms with Gasteiger partial charge in [-0.1, -0.05) is 35.3 Å². The average molecular weight is 455 g/mol. The molecular formula is C21H18Cl3NO4. The van der Waals surface area contributed by atoms with E-state index < -0.39 is 18.0 Å². The Hall–Kier alpha value is -2.08. The maximum atomic E-state index is 12.7. The topological polar surface area (TPSA) is 63.7 Å². The van der Waals surface area contributed by atoms with E-state index in [0.29, 0.717) is 21.3 Å². The molecule has 1 heterocycles. The van der Waals surface area contributed by atoms with Gasteiger partial charge in [0.05, 0.1) is 16.6 Å². The summed E-state index contributed by atoms with van der Waals surface area (Å²) < 4.78 is 5.47. The van der Waals surface area contributed by atoms with E-state index >= 15 is 0 Å². The first-order valence-corrected chi connectivity index (χ1v) is 10.3. The number of ether oxygens (including phenoxy) is 1. The van der Waals surface area contributed by atoms with E-state index in [1.54, 1.807) is 48.5 Å². The van der Waals surface area contributed by atoms with Gasteiger partial charge in [-0.15, -0.1) is 11.6 Å². The van der Waals surface area contributed by atoms with Gasteiger partial charge in [0, 0.05) is 35.9 Å². The molecule has 3 rings (SSSR count). The number of benzene rings is 2. The number of alkyl halides is 1. The Morgan fingerprint density at radius 1 is 1.10 bits per heavy atom. The van der Waals surface area contributed by atoms with Crippen LogP contribution in [0.25, 0.3) is 0 Å². The zero-order chi connectivity index (χ0) is 21.0. The van der Waals surface area contributed by atoms with Crippen molar-refractivity contribution < 1.29 is 19.1 Å². The molecule has 8 heteroatoms. The molecule has 1 fully saturated rings. The fourth-order valence-corrected chi connectivity index (χ4v) is 3.71. The molecule has 1 aliphatic rings. The van der Waals surface area contributed by atoms with Gasteiger partial charge < -0.3 is 9.64 Å². The quantitative estimate of drug-likeness (QED) is 0.343. The molecule has 0 aliphatic carbocycles.